The summed E-state index contributed by atoms with van der Waals surface area (Å²) < 4.78 is 6.92. The van der Waals surface area contributed by atoms with Crippen molar-refractivity contribution in [2.45, 2.75) is 17.1 Å². The Hall–Kier alpha value is -3.24. The van der Waals surface area contributed by atoms with Crippen LogP contribution >= 0.6 is 11.8 Å². The van der Waals surface area contributed by atoms with Gasteiger partial charge in [0.2, 0.25) is 0 Å². The predicted octanol–water partition coefficient (Wildman–Crippen LogP) is 4.09. The number of hydrogen-bond acceptors (Lipinski definition) is 6. The Balaban J connectivity index is 1.73. The molecule has 0 saturated heterocycles. The number of aryl methyl sites for hydroxylation is 1. The quantitative estimate of drug-likeness (QED) is 0.294. The normalized spacial score (nSPS) is 12.9. The summed E-state index contributed by atoms with van der Waals surface area (Å²) >= 11 is 1.37. The fraction of sp³-hybridized carbons (Fsp3) is 0.190. The molecule has 3 rings (SSSR count). The topological polar surface area (TPSA) is 88.1 Å². The molecule has 0 fully saturated rings. The molecule has 0 unspecified atom stereocenters. The number of nitrogens with zero attached hydrogens (tertiary/aromatic N) is 3. The van der Waals surface area contributed by atoms with E-state index in [-0.39, 0.29) is 17.9 Å². The van der Waals surface area contributed by atoms with Gasteiger partial charge in [-0.3, -0.25) is 4.79 Å². The Morgan fingerprint density at radius 2 is 1.93 bits per heavy atom. The number of carbonyl (C=O) groups excluding carboxylic acids is 1. The number of aliphatic hydroxyl groups excluding tert-OH is 1. The zero-order chi connectivity index (χ0) is 20.1. The second kappa shape index (κ2) is 8.63. The van der Waals surface area contributed by atoms with Crippen LogP contribution in [-0.2, 0) is 16.6 Å². The highest BCUT2D eigenvalue weighted by Crippen LogP contribution is 2.24. The average molecular weight is 393 g/mol. The summed E-state index contributed by atoms with van der Waals surface area (Å²) in [5, 5.41) is 19.4. The number of ether oxygens (including phenoxy) is 1. The molecule has 0 bridgehead atoms. The minimum absolute atomic E-state index is 0.0186. The van der Waals surface area contributed by atoms with Gasteiger partial charge in [0.15, 0.2) is 11.6 Å². The SMILES string of the molecule is C[C@@H](Sc1ccccc1)C(=O)OC/C(O)=C(\C#N)c1nc2ccccc2n1C. The zero-order valence-electron chi connectivity index (χ0n) is 15.5. The number of imidazole rings is 1. The van der Waals surface area contributed by atoms with Crippen LogP contribution in [0.1, 0.15) is 12.7 Å². The molecule has 0 aliphatic rings. The van der Waals surface area contributed by atoms with Crippen molar-refractivity contribution in [3.63, 3.8) is 0 Å². The van der Waals surface area contributed by atoms with Gasteiger partial charge in [0.1, 0.15) is 23.5 Å². The minimum Gasteiger partial charge on any atom is -0.507 e. The number of aliphatic hydroxyl groups is 1. The highest BCUT2D eigenvalue weighted by Gasteiger charge is 2.20. The van der Waals surface area contributed by atoms with Crippen molar-refractivity contribution in [1.82, 2.24) is 9.55 Å². The molecule has 142 valence electrons. The average Bonchev–Trinajstić information content (AvgIpc) is 3.04. The number of nitriles is 1. The summed E-state index contributed by atoms with van der Waals surface area (Å²) in [6.07, 6.45) is 0. The summed E-state index contributed by atoms with van der Waals surface area (Å²) in [4.78, 5) is 17.6. The van der Waals surface area contributed by atoms with Crippen molar-refractivity contribution in [3.8, 4) is 6.07 Å². The highest BCUT2D eigenvalue weighted by atomic mass is 32.2. The lowest BCUT2D eigenvalue weighted by molar-refractivity contribution is -0.142. The lowest BCUT2D eigenvalue weighted by Gasteiger charge is -2.11. The van der Waals surface area contributed by atoms with Gasteiger partial charge in [0.05, 0.1) is 11.0 Å². The third kappa shape index (κ3) is 4.18. The summed E-state index contributed by atoms with van der Waals surface area (Å²) in [6, 6.07) is 18.9. The van der Waals surface area contributed by atoms with E-state index in [1.54, 1.807) is 18.5 Å². The van der Waals surface area contributed by atoms with Gasteiger partial charge >= 0.3 is 5.97 Å². The van der Waals surface area contributed by atoms with Crippen LogP contribution in [0.15, 0.2) is 65.3 Å². The van der Waals surface area contributed by atoms with Crippen molar-refractivity contribution in [1.29, 1.82) is 5.26 Å². The van der Waals surface area contributed by atoms with Crippen LogP contribution in [0.5, 0.6) is 0 Å². The lowest BCUT2D eigenvalue weighted by Crippen LogP contribution is -2.18. The molecule has 1 N–H and O–H groups in total. The van der Waals surface area contributed by atoms with Gasteiger partial charge in [-0.2, -0.15) is 5.26 Å². The minimum atomic E-state index is -0.470. The number of allylic oxidation sites excluding steroid dienone is 1. The van der Waals surface area contributed by atoms with E-state index in [9.17, 15) is 15.2 Å². The number of rotatable bonds is 6. The molecule has 1 heterocycles. The van der Waals surface area contributed by atoms with Crippen LogP contribution in [0.3, 0.4) is 0 Å². The van der Waals surface area contributed by atoms with E-state index >= 15 is 0 Å². The van der Waals surface area contributed by atoms with E-state index in [0.29, 0.717) is 11.3 Å². The third-order valence-electron chi connectivity index (χ3n) is 4.15. The lowest BCUT2D eigenvalue weighted by atomic mass is 10.2. The van der Waals surface area contributed by atoms with Gasteiger partial charge in [-0.05, 0) is 31.2 Å². The first-order valence-electron chi connectivity index (χ1n) is 8.63. The van der Waals surface area contributed by atoms with Crippen molar-refractivity contribution >= 4 is 34.3 Å². The molecule has 0 aliphatic carbocycles. The van der Waals surface area contributed by atoms with Gasteiger partial charge in [0.25, 0.3) is 0 Å². The van der Waals surface area contributed by atoms with Crippen molar-refractivity contribution in [3.05, 3.63) is 66.2 Å². The number of fused-ring (bicyclic) bond motifs is 1. The maximum atomic E-state index is 12.2. The Morgan fingerprint density at radius 1 is 1.25 bits per heavy atom. The predicted molar refractivity (Wildman–Crippen MR) is 109 cm³/mol. The first kappa shape index (κ1) is 19.5. The Bertz CT molecular complexity index is 1070. The Labute approximate surface area is 167 Å². The second-order valence-corrected chi connectivity index (χ2v) is 7.51. The molecule has 0 radical (unpaired) electrons. The molecule has 6 nitrogen and oxygen atoms in total. The summed E-state index contributed by atoms with van der Waals surface area (Å²) in [6.45, 7) is 1.35. The number of hydrogen-bond donors (Lipinski definition) is 1. The van der Waals surface area contributed by atoms with E-state index in [0.717, 1.165) is 10.4 Å². The van der Waals surface area contributed by atoms with Gasteiger partial charge < -0.3 is 14.4 Å². The van der Waals surface area contributed by atoms with E-state index < -0.39 is 11.2 Å². The van der Waals surface area contributed by atoms with Crippen LogP contribution in [0.4, 0.5) is 0 Å². The van der Waals surface area contributed by atoms with Crippen LogP contribution < -0.4 is 0 Å². The van der Waals surface area contributed by atoms with Gasteiger partial charge in [-0.15, -0.1) is 11.8 Å². The van der Waals surface area contributed by atoms with Crippen LogP contribution in [0.2, 0.25) is 0 Å². The third-order valence-corrected chi connectivity index (χ3v) is 5.24. The first-order valence-corrected chi connectivity index (χ1v) is 9.51. The molecule has 0 aliphatic heterocycles. The van der Waals surface area contributed by atoms with Crippen molar-refractivity contribution < 1.29 is 14.6 Å². The number of aromatic nitrogens is 2. The van der Waals surface area contributed by atoms with E-state index in [1.807, 2.05) is 60.7 Å². The standard InChI is InChI=1S/C21H19N3O3S/c1-14(28-15-8-4-3-5-9-15)21(26)27-13-19(25)16(12-22)20-23-17-10-6-7-11-18(17)24(20)2/h3-11,14,25H,13H2,1-2H3/b19-16-/t14-/m1/s1. The number of benzene rings is 2. The number of carbonyl (C=O) groups is 1. The van der Waals surface area contributed by atoms with E-state index in [2.05, 4.69) is 4.98 Å². The molecule has 7 heteroatoms. The molecule has 0 spiro atoms. The molecular weight excluding hydrogens is 374 g/mol. The first-order chi connectivity index (χ1) is 13.5. The molecule has 0 saturated carbocycles. The van der Waals surface area contributed by atoms with Gasteiger partial charge in [0, 0.05) is 11.9 Å². The van der Waals surface area contributed by atoms with Gasteiger partial charge in [-0.25, -0.2) is 4.98 Å². The number of thioether (sulfide) groups is 1. The number of esters is 1. The molecule has 1 atom stereocenters. The van der Waals surface area contributed by atoms with Crippen LogP contribution in [0, 0.1) is 11.3 Å². The van der Waals surface area contributed by atoms with Crippen molar-refractivity contribution in [2.24, 2.45) is 7.05 Å². The van der Waals surface area contributed by atoms with Crippen LogP contribution in [0.25, 0.3) is 16.6 Å². The highest BCUT2D eigenvalue weighted by molar-refractivity contribution is 8.00. The Morgan fingerprint density at radius 3 is 2.61 bits per heavy atom. The smallest absolute Gasteiger partial charge is 0.319 e. The zero-order valence-corrected chi connectivity index (χ0v) is 16.3. The van der Waals surface area contributed by atoms with Gasteiger partial charge in [-0.1, -0.05) is 30.3 Å². The molecular formula is C21H19N3O3S. The van der Waals surface area contributed by atoms with Crippen molar-refractivity contribution in [2.75, 3.05) is 6.61 Å². The summed E-state index contributed by atoms with van der Waals surface area (Å²) in [5.74, 6) is -0.474. The molecule has 3 aromatic rings. The summed E-state index contributed by atoms with van der Waals surface area (Å²) in [5.41, 5.74) is 1.53. The molecule has 1 aromatic heterocycles. The molecule has 28 heavy (non-hydrogen) atoms. The van der Waals surface area contributed by atoms with E-state index in [4.69, 9.17) is 4.74 Å². The second-order valence-electron chi connectivity index (χ2n) is 6.10. The molecule has 0 amide bonds. The monoisotopic (exact) mass is 393 g/mol. The maximum absolute atomic E-state index is 12.2. The largest absolute Gasteiger partial charge is 0.507 e. The maximum Gasteiger partial charge on any atom is 0.319 e. The Kier molecular flexibility index (Phi) is 6.02. The number of para-hydroxylation sites is 2. The molecule has 2 aromatic carbocycles. The van der Waals surface area contributed by atoms with E-state index in [1.165, 1.54) is 11.8 Å². The van der Waals surface area contributed by atoms with Crippen LogP contribution in [-0.4, -0.2) is 32.5 Å². The fourth-order valence-electron chi connectivity index (χ4n) is 2.69. The fourth-order valence-corrected chi connectivity index (χ4v) is 3.58. The summed E-state index contributed by atoms with van der Waals surface area (Å²) in [7, 11) is 1.76.